The number of fused-ring (bicyclic) bond motifs is 1. The van der Waals surface area contributed by atoms with E-state index in [1.165, 1.54) is 11.3 Å². The molecule has 126 valence electrons. The zero-order valence-corrected chi connectivity index (χ0v) is 14.4. The molecule has 0 unspecified atom stereocenters. The first-order chi connectivity index (χ1) is 10.8. The molecule has 1 amide bonds. The van der Waals surface area contributed by atoms with Crippen molar-refractivity contribution in [3.63, 3.8) is 0 Å². The molecule has 6 nitrogen and oxygen atoms in total. The molecular weight excluding hydrogens is 292 g/mol. The summed E-state index contributed by atoms with van der Waals surface area (Å²) in [5.74, 6) is 1.01. The number of hydrogen-bond acceptors (Lipinski definition) is 5. The molecule has 1 aromatic rings. The lowest BCUT2D eigenvalue weighted by Gasteiger charge is -2.29. The predicted octanol–water partition coefficient (Wildman–Crippen LogP) is 2.50. The van der Waals surface area contributed by atoms with Gasteiger partial charge in [-0.25, -0.2) is 9.78 Å². The molecule has 0 bridgehead atoms. The van der Waals surface area contributed by atoms with Crippen molar-refractivity contribution in [2.24, 2.45) is 0 Å². The van der Waals surface area contributed by atoms with Crippen LogP contribution in [0.5, 0.6) is 0 Å². The molecule has 0 aliphatic carbocycles. The van der Waals surface area contributed by atoms with Crippen LogP contribution in [0.25, 0.3) is 0 Å². The molecule has 0 aromatic carbocycles. The molecule has 1 N–H and O–H groups in total. The summed E-state index contributed by atoms with van der Waals surface area (Å²) in [6.07, 6.45) is 3.59. The first-order valence-corrected chi connectivity index (χ1v) is 8.27. The first-order valence-electron chi connectivity index (χ1n) is 8.27. The molecule has 3 rings (SSSR count). The second kappa shape index (κ2) is 5.91. The van der Waals surface area contributed by atoms with Gasteiger partial charge in [0.15, 0.2) is 0 Å². The number of rotatable bonds is 2. The molecule has 2 aliphatic rings. The Balaban J connectivity index is 1.67. The van der Waals surface area contributed by atoms with Gasteiger partial charge >= 0.3 is 6.09 Å². The molecular formula is C17H26N4O2. The maximum Gasteiger partial charge on any atom is 0.410 e. The monoisotopic (exact) mass is 318 g/mol. The summed E-state index contributed by atoms with van der Waals surface area (Å²) in [5.41, 5.74) is 2.09. The van der Waals surface area contributed by atoms with Crippen LogP contribution in [0.3, 0.4) is 0 Å². The van der Waals surface area contributed by atoms with Crippen molar-refractivity contribution in [3.8, 4) is 0 Å². The molecule has 0 radical (unpaired) electrons. The van der Waals surface area contributed by atoms with Crippen molar-refractivity contribution in [2.75, 3.05) is 36.9 Å². The van der Waals surface area contributed by atoms with Crippen molar-refractivity contribution in [1.29, 1.82) is 0 Å². The van der Waals surface area contributed by atoms with E-state index >= 15 is 0 Å². The van der Waals surface area contributed by atoms with Gasteiger partial charge in [0, 0.05) is 44.1 Å². The highest BCUT2D eigenvalue weighted by molar-refractivity contribution is 5.69. The Morgan fingerprint density at radius 1 is 1.48 bits per heavy atom. The van der Waals surface area contributed by atoms with Crippen LogP contribution in [0.1, 0.15) is 32.8 Å². The molecule has 23 heavy (non-hydrogen) atoms. The minimum atomic E-state index is -0.457. The lowest BCUT2D eigenvalue weighted by molar-refractivity contribution is 0.0238. The summed E-state index contributed by atoms with van der Waals surface area (Å²) in [6, 6.07) is 2.27. The summed E-state index contributed by atoms with van der Waals surface area (Å²) in [6.45, 7) is 8.43. The summed E-state index contributed by atoms with van der Waals surface area (Å²) in [4.78, 5) is 20.7. The number of likely N-dealkylation sites (N-methyl/N-ethyl adjacent to an activating group) is 1. The Bertz CT molecular complexity index is 597. The first kappa shape index (κ1) is 15.9. The van der Waals surface area contributed by atoms with Gasteiger partial charge in [-0.15, -0.1) is 0 Å². The highest BCUT2D eigenvalue weighted by Gasteiger charge is 2.32. The van der Waals surface area contributed by atoms with Crippen molar-refractivity contribution in [3.05, 3.63) is 17.8 Å². The number of aromatic nitrogens is 1. The SMILES string of the molecule is CN(C(=O)OC(C)(C)C)[C@@H]1CCN(c2ccnc3c2CCN3)C1. The maximum absolute atomic E-state index is 12.2. The van der Waals surface area contributed by atoms with Gasteiger partial charge in [0.1, 0.15) is 11.4 Å². The number of carbonyl (C=O) groups is 1. The number of nitrogens with one attached hydrogen (secondary N) is 1. The Labute approximate surface area is 137 Å². The van der Waals surface area contributed by atoms with Crippen molar-refractivity contribution >= 4 is 17.6 Å². The fourth-order valence-electron chi connectivity index (χ4n) is 3.24. The van der Waals surface area contributed by atoms with E-state index in [-0.39, 0.29) is 12.1 Å². The minimum Gasteiger partial charge on any atom is -0.444 e. The predicted molar refractivity (Wildman–Crippen MR) is 91.0 cm³/mol. The molecule has 0 spiro atoms. The van der Waals surface area contributed by atoms with E-state index in [0.717, 1.165) is 38.3 Å². The zero-order chi connectivity index (χ0) is 16.6. The number of hydrogen-bond donors (Lipinski definition) is 1. The fourth-order valence-corrected chi connectivity index (χ4v) is 3.24. The third-order valence-corrected chi connectivity index (χ3v) is 4.43. The van der Waals surface area contributed by atoms with Gasteiger partial charge < -0.3 is 19.9 Å². The maximum atomic E-state index is 12.2. The lowest BCUT2D eigenvalue weighted by atomic mass is 10.1. The molecule has 1 atom stereocenters. The number of nitrogens with zero attached hydrogens (tertiary/aromatic N) is 3. The van der Waals surface area contributed by atoms with Crippen LogP contribution in [-0.4, -0.2) is 54.3 Å². The quantitative estimate of drug-likeness (QED) is 0.908. The molecule has 2 aliphatic heterocycles. The van der Waals surface area contributed by atoms with Crippen molar-refractivity contribution in [2.45, 2.75) is 45.3 Å². The van der Waals surface area contributed by atoms with Gasteiger partial charge in [-0.2, -0.15) is 0 Å². The van der Waals surface area contributed by atoms with Crippen LogP contribution in [-0.2, 0) is 11.2 Å². The molecule has 1 aromatic heterocycles. The number of ether oxygens (including phenoxy) is 1. The second-order valence-corrected chi connectivity index (χ2v) is 7.31. The van der Waals surface area contributed by atoms with E-state index in [1.54, 1.807) is 4.90 Å². The number of amides is 1. The number of carbonyl (C=O) groups excluding carboxylic acids is 1. The van der Waals surface area contributed by atoms with Crippen LogP contribution in [0.2, 0.25) is 0 Å². The molecule has 6 heteroatoms. The molecule has 1 saturated heterocycles. The second-order valence-electron chi connectivity index (χ2n) is 7.31. The Morgan fingerprint density at radius 3 is 3.00 bits per heavy atom. The van der Waals surface area contributed by atoms with Crippen LogP contribution in [0.4, 0.5) is 16.3 Å². The van der Waals surface area contributed by atoms with Gasteiger partial charge in [-0.1, -0.05) is 0 Å². The largest absolute Gasteiger partial charge is 0.444 e. The van der Waals surface area contributed by atoms with E-state index in [1.807, 2.05) is 34.0 Å². The van der Waals surface area contributed by atoms with Crippen molar-refractivity contribution in [1.82, 2.24) is 9.88 Å². The van der Waals surface area contributed by atoms with E-state index < -0.39 is 5.60 Å². The normalized spacial score (nSPS) is 20.2. The fraction of sp³-hybridized carbons (Fsp3) is 0.647. The molecule has 1 fully saturated rings. The lowest BCUT2D eigenvalue weighted by Crippen LogP contribution is -2.42. The third-order valence-electron chi connectivity index (χ3n) is 4.43. The molecule has 3 heterocycles. The highest BCUT2D eigenvalue weighted by Crippen LogP contribution is 2.32. The van der Waals surface area contributed by atoms with E-state index in [2.05, 4.69) is 21.3 Å². The van der Waals surface area contributed by atoms with Crippen LogP contribution in [0.15, 0.2) is 12.3 Å². The number of anilines is 2. The average Bonchev–Trinajstić information content (AvgIpc) is 3.13. The van der Waals surface area contributed by atoms with Crippen LogP contribution >= 0.6 is 0 Å². The number of pyridine rings is 1. The summed E-state index contributed by atoms with van der Waals surface area (Å²) in [7, 11) is 1.83. The van der Waals surface area contributed by atoms with E-state index in [4.69, 9.17) is 4.74 Å². The smallest absolute Gasteiger partial charge is 0.410 e. The Morgan fingerprint density at radius 2 is 2.26 bits per heavy atom. The standard InChI is InChI=1S/C17H26N4O2/c1-17(2,3)23-16(22)20(4)12-7-10-21(11-12)14-6-9-19-15-13(14)5-8-18-15/h6,9,12H,5,7-8,10-11H2,1-4H3,(H,18,19)/t12-/m1/s1. The highest BCUT2D eigenvalue weighted by atomic mass is 16.6. The third kappa shape index (κ3) is 3.35. The zero-order valence-electron chi connectivity index (χ0n) is 14.4. The average molecular weight is 318 g/mol. The molecule has 0 saturated carbocycles. The van der Waals surface area contributed by atoms with Gasteiger partial charge in [0.25, 0.3) is 0 Å². The van der Waals surface area contributed by atoms with Gasteiger partial charge in [0.2, 0.25) is 0 Å². The van der Waals surface area contributed by atoms with Gasteiger partial charge in [-0.05, 0) is 39.7 Å². The Hall–Kier alpha value is -1.98. The summed E-state index contributed by atoms with van der Waals surface area (Å²) >= 11 is 0. The topological polar surface area (TPSA) is 57.7 Å². The van der Waals surface area contributed by atoms with E-state index in [9.17, 15) is 4.79 Å². The Kier molecular flexibility index (Phi) is 4.08. The van der Waals surface area contributed by atoms with Crippen molar-refractivity contribution < 1.29 is 9.53 Å². The van der Waals surface area contributed by atoms with E-state index in [0.29, 0.717) is 0 Å². The summed E-state index contributed by atoms with van der Waals surface area (Å²) < 4.78 is 5.48. The minimum absolute atomic E-state index is 0.183. The summed E-state index contributed by atoms with van der Waals surface area (Å²) in [5, 5.41) is 3.32. The van der Waals surface area contributed by atoms with Crippen LogP contribution < -0.4 is 10.2 Å². The van der Waals surface area contributed by atoms with Crippen LogP contribution in [0, 0.1) is 0 Å². The van der Waals surface area contributed by atoms with Gasteiger partial charge in [-0.3, -0.25) is 0 Å². The van der Waals surface area contributed by atoms with Gasteiger partial charge in [0.05, 0.1) is 6.04 Å².